The summed E-state index contributed by atoms with van der Waals surface area (Å²) in [5.41, 5.74) is -0.449. The fourth-order valence-electron chi connectivity index (χ4n) is 1.60. The molecule has 0 aliphatic carbocycles. The second-order valence-corrected chi connectivity index (χ2v) is 3.88. The Morgan fingerprint density at radius 3 is 2.67 bits per heavy atom. The molecule has 0 fully saturated rings. The summed E-state index contributed by atoms with van der Waals surface area (Å²) in [4.78, 5) is 8.10. The summed E-state index contributed by atoms with van der Waals surface area (Å²) >= 11 is 0. The molecule has 0 saturated carbocycles. The van der Waals surface area contributed by atoms with Crippen molar-refractivity contribution in [2.75, 3.05) is 6.61 Å². The Bertz CT molecular complexity index is 555. The van der Waals surface area contributed by atoms with Crippen LogP contribution in [0.3, 0.4) is 0 Å². The summed E-state index contributed by atoms with van der Waals surface area (Å²) in [5, 5.41) is 9.25. The lowest BCUT2D eigenvalue weighted by atomic mass is 10.1. The summed E-state index contributed by atoms with van der Waals surface area (Å²) in [7, 11) is 0. The molecule has 2 aromatic rings. The Morgan fingerprint density at radius 2 is 2.00 bits per heavy atom. The van der Waals surface area contributed by atoms with Crippen molar-refractivity contribution in [3.8, 4) is 0 Å². The van der Waals surface area contributed by atoms with Gasteiger partial charge in [0.2, 0.25) is 0 Å². The second-order valence-electron chi connectivity index (χ2n) is 3.88. The van der Waals surface area contributed by atoms with Crippen LogP contribution in [-0.2, 0) is 12.6 Å². The molecule has 3 nitrogen and oxygen atoms in total. The van der Waals surface area contributed by atoms with Gasteiger partial charge >= 0.3 is 6.18 Å². The predicted octanol–water partition coefficient (Wildman–Crippen LogP) is 2.57. The van der Waals surface area contributed by atoms with Crippen LogP contribution in [0.5, 0.6) is 0 Å². The number of aliphatic hydroxyl groups excluding tert-OH is 1. The Morgan fingerprint density at radius 1 is 1.22 bits per heavy atom. The van der Waals surface area contributed by atoms with E-state index in [1.807, 2.05) is 0 Å². The Kier molecular flexibility index (Phi) is 3.47. The zero-order valence-electron chi connectivity index (χ0n) is 9.41. The molecule has 0 saturated heterocycles. The SMILES string of the molecule is OCCCc1ncc2ccc(C(F)(F)F)cc2n1. The lowest BCUT2D eigenvalue weighted by Crippen LogP contribution is -2.05. The van der Waals surface area contributed by atoms with Crippen LogP contribution in [-0.4, -0.2) is 21.7 Å². The zero-order valence-corrected chi connectivity index (χ0v) is 9.41. The molecule has 0 atom stereocenters. The molecule has 2 rings (SSSR count). The molecule has 0 amide bonds. The monoisotopic (exact) mass is 256 g/mol. The highest BCUT2D eigenvalue weighted by Crippen LogP contribution is 2.30. The van der Waals surface area contributed by atoms with Gasteiger partial charge in [0.1, 0.15) is 5.82 Å². The minimum atomic E-state index is -4.37. The first-order valence-corrected chi connectivity index (χ1v) is 5.44. The molecule has 6 heteroatoms. The van der Waals surface area contributed by atoms with Crippen LogP contribution in [0.4, 0.5) is 13.2 Å². The third-order valence-electron chi connectivity index (χ3n) is 2.52. The van der Waals surface area contributed by atoms with Gasteiger partial charge in [0.05, 0.1) is 11.1 Å². The fraction of sp³-hybridized carbons (Fsp3) is 0.333. The first-order chi connectivity index (χ1) is 8.50. The number of aliphatic hydroxyl groups is 1. The molecule has 1 N–H and O–H groups in total. The number of hydrogen-bond donors (Lipinski definition) is 1. The normalized spacial score (nSPS) is 12.0. The van der Waals surface area contributed by atoms with Gasteiger partial charge in [0, 0.05) is 24.6 Å². The molecule has 1 aromatic carbocycles. The minimum Gasteiger partial charge on any atom is -0.396 e. The van der Waals surface area contributed by atoms with Crippen LogP contribution in [0, 0.1) is 0 Å². The zero-order chi connectivity index (χ0) is 13.2. The number of rotatable bonds is 3. The summed E-state index contributed by atoms with van der Waals surface area (Å²) in [6.45, 7) is 0.00396. The number of fused-ring (bicyclic) bond motifs is 1. The van der Waals surface area contributed by atoms with Crippen molar-refractivity contribution in [1.29, 1.82) is 0 Å². The Labute approximate surface area is 101 Å². The molecule has 0 unspecified atom stereocenters. The molecule has 0 aliphatic heterocycles. The lowest BCUT2D eigenvalue weighted by molar-refractivity contribution is -0.137. The first-order valence-electron chi connectivity index (χ1n) is 5.44. The number of aromatic nitrogens is 2. The topological polar surface area (TPSA) is 46.0 Å². The third kappa shape index (κ3) is 2.76. The standard InChI is InChI=1S/C12H11F3N2O/c13-12(14,15)9-4-3-8-7-16-11(2-1-5-18)17-10(8)6-9/h3-4,6-7,18H,1-2,5H2. The van der Waals surface area contributed by atoms with Crippen molar-refractivity contribution in [2.45, 2.75) is 19.0 Å². The van der Waals surface area contributed by atoms with Crippen molar-refractivity contribution in [3.05, 3.63) is 35.8 Å². The van der Waals surface area contributed by atoms with Gasteiger partial charge < -0.3 is 5.11 Å². The van der Waals surface area contributed by atoms with Crippen LogP contribution < -0.4 is 0 Å². The maximum atomic E-state index is 12.5. The van der Waals surface area contributed by atoms with Crippen LogP contribution in [0.15, 0.2) is 24.4 Å². The van der Waals surface area contributed by atoms with E-state index >= 15 is 0 Å². The first kappa shape index (κ1) is 12.8. The molecule has 0 bridgehead atoms. The van der Waals surface area contributed by atoms with Crippen LogP contribution in [0.1, 0.15) is 17.8 Å². The van der Waals surface area contributed by atoms with Gasteiger partial charge in [-0.3, -0.25) is 0 Å². The lowest BCUT2D eigenvalue weighted by Gasteiger charge is -2.07. The van der Waals surface area contributed by atoms with Gasteiger partial charge in [-0.25, -0.2) is 9.97 Å². The molecule has 18 heavy (non-hydrogen) atoms. The van der Waals surface area contributed by atoms with Crippen molar-refractivity contribution in [3.63, 3.8) is 0 Å². The van der Waals surface area contributed by atoms with Crippen molar-refractivity contribution < 1.29 is 18.3 Å². The van der Waals surface area contributed by atoms with E-state index in [4.69, 9.17) is 5.11 Å². The number of nitrogens with zero attached hydrogens (tertiary/aromatic N) is 2. The van der Waals surface area contributed by atoms with Gasteiger partial charge in [0.15, 0.2) is 0 Å². The van der Waals surface area contributed by atoms with Gasteiger partial charge in [-0.05, 0) is 18.6 Å². The highest BCUT2D eigenvalue weighted by Gasteiger charge is 2.30. The van der Waals surface area contributed by atoms with E-state index in [9.17, 15) is 13.2 Å². The van der Waals surface area contributed by atoms with E-state index in [1.165, 1.54) is 12.3 Å². The van der Waals surface area contributed by atoms with Crippen LogP contribution in [0.25, 0.3) is 10.9 Å². The fourth-order valence-corrected chi connectivity index (χ4v) is 1.60. The smallest absolute Gasteiger partial charge is 0.396 e. The maximum Gasteiger partial charge on any atom is 0.416 e. The summed E-state index contributed by atoms with van der Waals surface area (Å²) in [6.07, 6.45) is -1.94. The molecule has 96 valence electrons. The van der Waals surface area contributed by atoms with E-state index < -0.39 is 11.7 Å². The average molecular weight is 256 g/mol. The highest BCUT2D eigenvalue weighted by atomic mass is 19.4. The number of benzene rings is 1. The Hall–Kier alpha value is -1.69. The quantitative estimate of drug-likeness (QED) is 0.918. The predicted molar refractivity (Wildman–Crippen MR) is 59.9 cm³/mol. The van der Waals surface area contributed by atoms with Gasteiger partial charge in [-0.2, -0.15) is 13.2 Å². The number of halogens is 3. The van der Waals surface area contributed by atoms with Gasteiger partial charge in [-0.1, -0.05) is 6.07 Å². The van der Waals surface area contributed by atoms with Crippen molar-refractivity contribution in [2.24, 2.45) is 0 Å². The highest BCUT2D eigenvalue weighted by molar-refractivity contribution is 5.78. The Balaban J connectivity index is 2.40. The van der Waals surface area contributed by atoms with Crippen LogP contribution in [0.2, 0.25) is 0 Å². The summed E-state index contributed by atoms with van der Waals surface area (Å²) < 4.78 is 37.6. The molecule has 0 radical (unpaired) electrons. The number of hydrogen-bond acceptors (Lipinski definition) is 3. The van der Waals surface area contributed by atoms with E-state index in [0.29, 0.717) is 24.1 Å². The molecule has 0 spiro atoms. The van der Waals surface area contributed by atoms with E-state index in [0.717, 1.165) is 12.1 Å². The van der Waals surface area contributed by atoms with Gasteiger partial charge in [0.25, 0.3) is 0 Å². The van der Waals surface area contributed by atoms with Crippen molar-refractivity contribution in [1.82, 2.24) is 9.97 Å². The maximum absolute atomic E-state index is 12.5. The molecule has 1 heterocycles. The largest absolute Gasteiger partial charge is 0.416 e. The van der Waals surface area contributed by atoms with E-state index in [1.54, 1.807) is 0 Å². The number of aryl methyl sites for hydroxylation is 1. The summed E-state index contributed by atoms with van der Waals surface area (Å²) in [5.74, 6) is 0.441. The third-order valence-corrected chi connectivity index (χ3v) is 2.52. The summed E-state index contributed by atoms with van der Waals surface area (Å²) in [6, 6.07) is 3.38. The second kappa shape index (κ2) is 4.89. The average Bonchev–Trinajstić information content (AvgIpc) is 2.34. The minimum absolute atomic E-state index is 0.00396. The van der Waals surface area contributed by atoms with E-state index in [-0.39, 0.29) is 12.1 Å². The molecular weight excluding hydrogens is 245 g/mol. The van der Waals surface area contributed by atoms with Gasteiger partial charge in [-0.15, -0.1) is 0 Å². The molecule has 0 aliphatic rings. The van der Waals surface area contributed by atoms with Crippen molar-refractivity contribution >= 4 is 10.9 Å². The molecule has 1 aromatic heterocycles. The van der Waals surface area contributed by atoms with Crippen LogP contribution >= 0.6 is 0 Å². The number of alkyl halides is 3. The van der Waals surface area contributed by atoms with E-state index in [2.05, 4.69) is 9.97 Å². The molecular formula is C12H11F3N2O.